The molecule has 1 aromatic heterocycles. The van der Waals surface area contributed by atoms with E-state index in [0.29, 0.717) is 12.1 Å². The molecule has 5 nitrogen and oxygen atoms in total. The largest absolute Gasteiger partial charge is 0.495 e. The molecule has 0 aliphatic carbocycles. The van der Waals surface area contributed by atoms with Crippen LogP contribution in [-0.2, 0) is 17.7 Å². The number of benzene rings is 1. The number of ether oxygens (including phenoxy) is 2. The third-order valence-electron chi connectivity index (χ3n) is 3.19. The van der Waals surface area contributed by atoms with Crippen LogP contribution in [0.5, 0.6) is 5.75 Å². The van der Waals surface area contributed by atoms with Gasteiger partial charge >= 0.3 is 0 Å². The van der Waals surface area contributed by atoms with Gasteiger partial charge in [0.05, 0.1) is 11.6 Å². The van der Waals surface area contributed by atoms with Gasteiger partial charge in [0.25, 0.3) is 0 Å². The summed E-state index contributed by atoms with van der Waals surface area (Å²) in [4.78, 5) is 15.2. The molecule has 130 valence electrons. The Morgan fingerprint density at radius 1 is 1.29 bits per heavy atom. The lowest BCUT2D eigenvalue weighted by Gasteiger charge is -2.14. The molecule has 0 aliphatic rings. The maximum atomic E-state index is 10.8. The van der Waals surface area contributed by atoms with E-state index in [1.54, 1.807) is 33.6 Å². The molecule has 0 aliphatic heterocycles. The highest BCUT2D eigenvalue weighted by Crippen LogP contribution is 2.33. The lowest BCUT2D eigenvalue weighted by atomic mass is 10.1. The van der Waals surface area contributed by atoms with Crippen LogP contribution in [0.1, 0.15) is 28.4 Å². The second-order valence-corrected chi connectivity index (χ2v) is 5.80. The van der Waals surface area contributed by atoms with E-state index < -0.39 is 0 Å². The third-order valence-corrected chi connectivity index (χ3v) is 3.75. The SMILES string of the molecule is CCc1c(NCc2cccc(C=O)c2)ncc(Br)c1OC.COC. The third kappa shape index (κ3) is 5.62. The van der Waals surface area contributed by atoms with E-state index in [1.807, 2.05) is 18.2 Å². The molecule has 1 heterocycles. The maximum absolute atomic E-state index is 10.8. The van der Waals surface area contributed by atoms with Gasteiger partial charge in [-0.25, -0.2) is 4.98 Å². The summed E-state index contributed by atoms with van der Waals surface area (Å²) in [6, 6.07) is 7.50. The van der Waals surface area contributed by atoms with E-state index in [4.69, 9.17) is 4.74 Å². The first kappa shape index (κ1) is 20.1. The van der Waals surface area contributed by atoms with Crippen molar-refractivity contribution in [2.24, 2.45) is 0 Å². The number of carbonyl (C=O) groups is 1. The van der Waals surface area contributed by atoms with Crippen molar-refractivity contribution in [3.05, 3.63) is 51.6 Å². The number of halogens is 1. The molecule has 0 bridgehead atoms. The van der Waals surface area contributed by atoms with Crippen LogP contribution in [0.2, 0.25) is 0 Å². The Balaban J connectivity index is 0.000000891. The van der Waals surface area contributed by atoms with Gasteiger partial charge in [-0.15, -0.1) is 0 Å². The quantitative estimate of drug-likeness (QED) is 0.747. The van der Waals surface area contributed by atoms with Crippen LogP contribution in [0.25, 0.3) is 0 Å². The van der Waals surface area contributed by atoms with Crippen LogP contribution < -0.4 is 10.1 Å². The van der Waals surface area contributed by atoms with Gasteiger partial charge in [-0.3, -0.25) is 4.79 Å². The first-order valence-electron chi connectivity index (χ1n) is 7.50. The Bertz CT molecular complexity index is 663. The summed E-state index contributed by atoms with van der Waals surface area (Å²) < 4.78 is 10.5. The Morgan fingerprint density at radius 3 is 2.58 bits per heavy atom. The maximum Gasteiger partial charge on any atom is 0.150 e. The van der Waals surface area contributed by atoms with Crippen LogP contribution in [-0.4, -0.2) is 32.6 Å². The van der Waals surface area contributed by atoms with Gasteiger partial charge in [0.1, 0.15) is 17.9 Å². The van der Waals surface area contributed by atoms with Gasteiger partial charge in [-0.05, 0) is 34.0 Å². The first-order valence-corrected chi connectivity index (χ1v) is 8.29. The van der Waals surface area contributed by atoms with Gasteiger partial charge < -0.3 is 14.8 Å². The van der Waals surface area contributed by atoms with Crippen molar-refractivity contribution in [3.8, 4) is 5.75 Å². The number of nitrogens with zero attached hydrogens (tertiary/aromatic N) is 1. The van der Waals surface area contributed by atoms with Crippen LogP contribution in [0.4, 0.5) is 5.82 Å². The van der Waals surface area contributed by atoms with E-state index in [2.05, 4.69) is 37.9 Å². The minimum absolute atomic E-state index is 0.604. The topological polar surface area (TPSA) is 60.5 Å². The monoisotopic (exact) mass is 394 g/mol. The van der Waals surface area contributed by atoms with Crippen molar-refractivity contribution in [1.82, 2.24) is 4.98 Å². The molecule has 2 aromatic rings. The fourth-order valence-corrected chi connectivity index (χ4v) is 2.68. The number of aldehydes is 1. The van der Waals surface area contributed by atoms with Gasteiger partial charge in [-0.1, -0.05) is 25.1 Å². The molecule has 0 saturated heterocycles. The molecule has 1 aromatic carbocycles. The number of hydrogen-bond donors (Lipinski definition) is 1. The molecule has 0 unspecified atom stereocenters. The molecule has 2 rings (SSSR count). The number of methoxy groups -OCH3 is 2. The highest BCUT2D eigenvalue weighted by Gasteiger charge is 2.12. The fraction of sp³-hybridized carbons (Fsp3) is 0.333. The average molecular weight is 395 g/mol. The molecule has 1 N–H and O–H groups in total. The molecule has 0 atom stereocenters. The predicted molar refractivity (Wildman–Crippen MR) is 100.0 cm³/mol. The van der Waals surface area contributed by atoms with Gasteiger partial charge in [0, 0.05) is 38.1 Å². The summed E-state index contributed by atoms with van der Waals surface area (Å²) >= 11 is 3.44. The minimum Gasteiger partial charge on any atom is -0.495 e. The van der Waals surface area contributed by atoms with Gasteiger partial charge in [-0.2, -0.15) is 0 Å². The number of anilines is 1. The van der Waals surface area contributed by atoms with Crippen molar-refractivity contribution < 1.29 is 14.3 Å². The molecule has 0 spiro atoms. The highest BCUT2D eigenvalue weighted by atomic mass is 79.9. The molecule has 0 amide bonds. The van der Waals surface area contributed by atoms with E-state index >= 15 is 0 Å². The number of aromatic nitrogens is 1. The van der Waals surface area contributed by atoms with Crippen molar-refractivity contribution in [1.29, 1.82) is 0 Å². The molecular weight excluding hydrogens is 372 g/mol. The lowest BCUT2D eigenvalue weighted by Crippen LogP contribution is -2.06. The zero-order valence-electron chi connectivity index (χ0n) is 14.4. The smallest absolute Gasteiger partial charge is 0.150 e. The Labute approximate surface area is 151 Å². The highest BCUT2D eigenvalue weighted by molar-refractivity contribution is 9.10. The average Bonchev–Trinajstić information content (AvgIpc) is 2.61. The molecule has 0 radical (unpaired) electrons. The lowest BCUT2D eigenvalue weighted by molar-refractivity contribution is 0.112. The van der Waals surface area contributed by atoms with Crippen molar-refractivity contribution in [2.75, 3.05) is 26.6 Å². The van der Waals surface area contributed by atoms with Crippen LogP contribution in [0.3, 0.4) is 0 Å². The summed E-state index contributed by atoms with van der Waals surface area (Å²) in [5.74, 6) is 1.60. The van der Waals surface area contributed by atoms with Crippen molar-refractivity contribution in [3.63, 3.8) is 0 Å². The number of carbonyl (C=O) groups excluding carboxylic acids is 1. The van der Waals surface area contributed by atoms with Crippen LogP contribution >= 0.6 is 15.9 Å². The zero-order valence-corrected chi connectivity index (χ0v) is 16.0. The number of nitrogens with one attached hydrogen (secondary N) is 1. The number of pyridine rings is 1. The number of hydrogen-bond acceptors (Lipinski definition) is 5. The van der Waals surface area contributed by atoms with Crippen LogP contribution in [0, 0.1) is 0 Å². The Morgan fingerprint density at radius 2 is 2.00 bits per heavy atom. The fourth-order valence-electron chi connectivity index (χ4n) is 2.17. The molecule has 6 heteroatoms. The summed E-state index contributed by atoms with van der Waals surface area (Å²) in [7, 11) is 4.90. The van der Waals surface area contributed by atoms with E-state index in [0.717, 1.165) is 39.9 Å². The van der Waals surface area contributed by atoms with E-state index in [-0.39, 0.29) is 0 Å². The standard InChI is InChI=1S/C16H17BrN2O2.C2H6O/c1-3-13-15(21-2)14(17)9-19-16(13)18-8-11-5-4-6-12(7-11)10-20;1-3-2/h4-7,9-10H,3,8H2,1-2H3,(H,18,19);1-2H3. The van der Waals surface area contributed by atoms with Crippen molar-refractivity contribution >= 4 is 28.0 Å². The molecule has 0 fully saturated rings. The molecular formula is C18H23BrN2O3. The summed E-state index contributed by atoms with van der Waals surface area (Å²) in [5.41, 5.74) is 2.73. The second-order valence-electron chi connectivity index (χ2n) is 4.94. The summed E-state index contributed by atoms with van der Waals surface area (Å²) in [6.45, 7) is 2.66. The Hall–Kier alpha value is -1.92. The van der Waals surface area contributed by atoms with Gasteiger partial charge in [0.15, 0.2) is 0 Å². The van der Waals surface area contributed by atoms with Gasteiger partial charge in [0.2, 0.25) is 0 Å². The second kappa shape index (κ2) is 10.8. The van der Waals surface area contributed by atoms with Crippen molar-refractivity contribution in [2.45, 2.75) is 19.9 Å². The number of rotatable bonds is 6. The summed E-state index contributed by atoms with van der Waals surface area (Å²) in [6.07, 6.45) is 3.39. The first-order chi connectivity index (χ1) is 11.6. The predicted octanol–water partition coefficient (Wildman–Crippen LogP) is 4.10. The Kier molecular flexibility index (Phi) is 9.04. The zero-order chi connectivity index (χ0) is 17.9. The molecule has 24 heavy (non-hydrogen) atoms. The van der Waals surface area contributed by atoms with E-state index in [1.165, 1.54) is 0 Å². The van der Waals surface area contributed by atoms with Crippen LogP contribution in [0.15, 0.2) is 34.9 Å². The van der Waals surface area contributed by atoms with E-state index in [9.17, 15) is 4.79 Å². The normalized spacial score (nSPS) is 9.71. The summed E-state index contributed by atoms with van der Waals surface area (Å²) in [5, 5.41) is 3.31. The minimum atomic E-state index is 0.604. The molecule has 0 saturated carbocycles.